The molecule has 2 heterocycles. The van der Waals surface area contributed by atoms with Crippen molar-refractivity contribution in [1.82, 2.24) is 20.4 Å². The van der Waals surface area contributed by atoms with Gasteiger partial charge < -0.3 is 15.3 Å². The molecule has 3 aromatic carbocycles. The van der Waals surface area contributed by atoms with Crippen LogP contribution >= 0.6 is 11.6 Å². The van der Waals surface area contributed by atoms with Crippen molar-refractivity contribution in [2.75, 3.05) is 23.3 Å². The molecule has 5 rings (SSSR count). The largest absolute Gasteiger partial charge is 0.481 e. The van der Waals surface area contributed by atoms with E-state index in [4.69, 9.17) is 16.7 Å². The zero-order valence-corrected chi connectivity index (χ0v) is 27.0. The van der Waals surface area contributed by atoms with Crippen LogP contribution < -0.4 is 15.6 Å². The molecule has 15 heteroatoms. The zero-order valence-electron chi connectivity index (χ0n) is 26.2. The van der Waals surface area contributed by atoms with Gasteiger partial charge in [0.15, 0.2) is 0 Å². The summed E-state index contributed by atoms with van der Waals surface area (Å²) in [5, 5.41) is 23.2. The maximum absolute atomic E-state index is 13.4. The smallest absolute Gasteiger partial charge is 0.417 e. The quantitative estimate of drug-likeness (QED) is 0.115. The first-order valence-corrected chi connectivity index (χ1v) is 15.9. The maximum atomic E-state index is 13.4. The molecule has 1 aromatic heterocycles. The number of carbonyl (C=O) groups excluding carboxylic acids is 2. The molecule has 3 N–H and O–H groups in total. The number of hydrogen-bond acceptors (Lipinski definition) is 7. The van der Waals surface area contributed by atoms with E-state index >= 15 is 0 Å². The molecule has 0 saturated carbocycles. The van der Waals surface area contributed by atoms with Crippen LogP contribution in [0, 0.1) is 0 Å². The minimum atomic E-state index is -4.66. The lowest BCUT2D eigenvalue weighted by Gasteiger charge is -2.29. The Morgan fingerprint density at radius 1 is 1.00 bits per heavy atom. The van der Waals surface area contributed by atoms with Crippen LogP contribution in [0.15, 0.2) is 72.0 Å². The molecule has 0 radical (unpaired) electrons. The number of aliphatic carboxylic acids is 1. The monoisotopic (exact) mass is 695 g/mol. The predicted octanol–water partition coefficient (Wildman–Crippen LogP) is 6.41. The number of piperidine rings is 1. The van der Waals surface area contributed by atoms with Gasteiger partial charge in [-0.3, -0.25) is 14.4 Å². The Morgan fingerprint density at radius 2 is 1.80 bits per heavy atom. The van der Waals surface area contributed by atoms with Crippen LogP contribution in [0.1, 0.15) is 75.2 Å². The fourth-order valence-corrected chi connectivity index (χ4v) is 5.61. The molecule has 0 aliphatic carbocycles. The molecular formula is C34H33ClF3N7O4. The van der Waals surface area contributed by atoms with E-state index in [1.807, 2.05) is 12.1 Å². The van der Waals surface area contributed by atoms with E-state index in [0.29, 0.717) is 30.6 Å². The van der Waals surface area contributed by atoms with E-state index in [2.05, 4.69) is 31.1 Å². The molecule has 2 amide bonds. The predicted molar refractivity (Wildman–Crippen MR) is 178 cm³/mol. The number of hydrazone groups is 1. The highest BCUT2D eigenvalue weighted by atomic mass is 35.5. The standard InChI is InChI=1S/C34H33ClF3N7O4/c35-29-12-10-22(17-28(29)34(36,37)38)19-39-42-33(49)27-18-26(44-14-2-1-3-15-44)11-13-30(27)40-32(48)24-7-4-6-23(16-24)20-45-21-25(41-43-45)8-5-9-31(46)47/h4,6-7,10-13,16-19,21H,1-3,5,8-9,14-15,20H2,(H,40,48)(H,42,49)(H,46,47)/b39-19+. The van der Waals surface area contributed by atoms with E-state index < -0.39 is 34.5 Å². The molecule has 11 nitrogen and oxygen atoms in total. The normalized spacial score (nSPS) is 13.4. The van der Waals surface area contributed by atoms with Gasteiger partial charge in [0, 0.05) is 37.0 Å². The summed E-state index contributed by atoms with van der Waals surface area (Å²) in [6, 6.07) is 15.3. The van der Waals surface area contributed by atoms with Gasteiger partial charge in [0.25, 0.3) is 11.8 Å². The van der Waals surface area contributed by atoms with E-state index in [0.717, 1.165) is 62.0 Å². The van der Waals surface area contributed by atoms with Crippen LogP contribution in [-0.2, 0) is 23.9 Å². The maximum Gasteiger partial charge on any atom is 0.417 e. The summed E-state index contributed by atoms with van der Waals surface area (Å²) in [6.07, 6.45) is 2.23. The van der Waals surface area contributed by atoms with Gasteiger partial charge in [0.1, 0.15) is 0 Å². The topological polar surface area (TPSA) is 142 Å². The van der Waals surface area contributed by atoms with Crippen molar-refractivity contribution >= 4 is 47.0 Å². The number of benzene rings is 3. The molecule has 4 aromatic rings. The molecule has 0 unspecified atom stereocenters. The van der Waals surface area contributed by atoms with Crippen LogP contribution in [0.25, 0.3) is 0 Å². The van der Waals surface area contributed by atoms with Crippen LogP contribution in [-0.4, -0.2) is 57.2 Å². The molecule has 1 saturated heterocycles. The van der Waals surface area contributed by atoms with Gasteiger partial charge in [-0.1, -0.05) is 35.0 Å². The first-order valence-electron chi connectivity index (χ1n) is 15.6. The van der Waals surface area contributed by atoms with Gasteiger partial charge in [-0.2, -0.15) is 18.3 Å². The lowest BCUT2D eigenvalue weighted by atomic mass is 10.1. The summed E-state index contributed by atoms with van der Waals surface area (Å²) in [4.78, 5) is 39.8. The van der Waals surface area contributed by atoms with Crippen LogP contribution in [0.3, 0.4) is 0 Å². The van der Waals surface area contributed by atoms with Crippen LogP contribution in [0.5, 0.6) is 0 Å². The minimum absolute atomic E-state index is 0.0388. The summed E-state index contributed by atoms with van der Waals surface area (Å²) >= 11 is 5.70. The summed E-state index contributed by atoms with van der Waals surface area (Å²) in [6.45, 7) is 1.94. The molecule has 1 aliphatic heterocycles. The fraction of sp³-hybridized carbons (Fsp3) is 0.294. The van der Waals surface area contributed by atoms with Crippen molar-refractivity contribution in [2.24, 2.45) is 5.10 Å². The van der Waals surface area contributed by atoms with E-state index in [-0.39, 0.29) is 23.2 Å². The molecule has 49 heavy (non-hydrogen) atoms. The first-order chi connectivity index (χ1) is 23.5. The Kier molecular flexibility index (Phi) is 11.3. The van der Waals surface area contributed by atoms with E-state index in [9.17, 15) is 27.6 Å². The molecule has 256 valence electrons. The fourth-order valence-electron chi connectivity index (χ4n) is 5.39. The average Bonchev–Trinajstić information content (AvgIpc) is 3.52. The number of anilines is 2. The summed E-state index contributed by atoms with van der Waals surface area (Å²) in [5.41, 5.74) is 4.30. The number of hydrogen-bond donors (Lipinski definition) is 3. The van der Waals surface area contributed by atoms with Crippen molar-refractivity contribution in [2.45, 2.75) is 51.2 Å². The average molecular weight is 696 g/mol. The number of carboxylic acids is 1. The Labute approximate surface area is 284 Å². The third-order valence-corrected chi connectivity index (χ3v) is 8.17. The second-order valence-electron chi connectivity index (χ2n) is 11.5. The lowest BCUT2D eigenvalue weighted by molar-refractivity contribution is -0.138. The Morgan fingerprint density at radius 3 is 2.55 bits per heavy atom. The number of rotatable bonds is 12. The number of aryl methyl sites for hydroxylation is 1. The molecule has 1 fully saturated rings. The highest BCUT2D eigenvalue weighted by Crippen LogP contribution is 2.35. The number of amides is 2. The van der Waals surface area contributed by atoms with Crippen molar-refractivity contribution in [1.29, 1.82) is 0 Å². The van der Waals surface area contributed by atoms with E-state index in [1.54, 1.807) is 41.2 Å². The third kappa shape index (κ3) is 9.66. The number of aromatic nitrogens is 3. The summed E-state index contributed by atoms with van der Waals surface area (Å²) in [7, 11) is 0. The lowest BCUT2D eigenvalue weighted by Crippen LogP contribution is -2.30. The second-order valence-corrected chi connectivity index (χ2v) is 11.9. The van der Waals surface area contributed by atoms with Gasteiger partial charge in [-0.05, 0) is 85.7 Å². The van der Waals surface area contributed by atoms with Crippen LogP contribution in [0.4, 0.5) is 24.5 Å². The van der Waals surface area contributed by atoms with Gasteiger partial charge in [-0.15, -0.1) is 5.10 Å². The van der Waals surface area contributed by atoms with Gasteiger partial charge in [-0.25, -0.2) is 10.1 Å². The van der Waals surface area contributed by atoms with Gasteiger partial charge >= 0.3 is 12.1 Å². The second kappa shape index (κ2) is 15.8. The van der Waals surface area contributed by atoms with Gasteiger partial charge in [0.2, 0.25) is 0 Å². The highest BCUT2D eigenvalue weighted by molar-refractivity contribution is 6.31. The van der Waals surface area contributed by atoms with Crippen molar-refractivity contribution in [3.8, 4) is 0 Å². The van der Waals surface area contributed by atoms with Crippen molar-refractivity contribution in [3.63, 3.8) is 0 Å². The molecular weight excluding hydrogens is 663 g/mol. The molecule has 0 bridgehead atoms. The summed E-state index contributed by atoms with van der Waals surface area (Å²) < 4.78 is 41.5. The molecule has 0 spiro atoms. The molecule has 0 atom stereocenters. The zero-order chi connectivity index (χ0) is 35.0. The minimum Gasteiger partial charge on any atom is -0.481 e. The SMILES string of the molecule is O=C(O)CCCc1cn(Cc2cccc(C(=O)Nc3ccc(N4CCCCC4)cc3C(=O)N/N=C/c3ccc(Cl)c(C(F)(F)F)c3)c2)nn1. The number of carboxylic acid groups (broad SMARTS) is 1. The number of carbonyl (C=O) groups is 3. The van der Waals surface area contributed by atoms with Crippen LogP contribution in [0.2, 0.25) is 5.02 Å². The third-order valence-electron chi connectivity index (χ3n) is 7.84. The van der Waals surface area contributed by atoms with E-state index in [1.165, 1.54) is 6.07 Å². The number of halogens is 4. The molecule has 1 aliphatic rings. The van der Waals surface area contributed by atoms with Crippen molar-refractivity contribution in [3.05, 3.63) is 105 Å². The van der Waals surface area contributed by atoms with Gasteiger partial charge in [0.05, 0.1) is 40.3 Å². The Balaban J connectivity index is 1.32. The number of nitrogens with one attached hydrogen (secondary N) is 2. The summed E-state index contributed by atoms with van der Waals surface area (Å²) in [5.74, 6) is -2.02. The number of nitrogens with zero attached hydrogens (tertiary/aromatic N) is 5. The first kappa shape index (κ1) is 35.1. The Hall–Kier alpha value is -5.24. The highest BCUT2D eigenvalue weighted by Gasteiger charge is 2.33. The number of alkyl halides is 3. The Bertz CT molecular complexity index is 1860. The van der Waals surface area contributed by atoms with Crippen molar-refractivity contribution < 1.29 is 32.7 Å².